The Balaban J connectivity index is 2.07. The first kappa shape index (κ1) is 15.8. The summed E-state index contributed by atoms with van der Waals surface area (Å²) < 4.78 is 7.31. The van der Waals surface area contributed by atoms with E-state index >= 15 is 0 Å². The molecule has 2 aromatic heterocycles. The monoisotopic (exact) mass is 310 g/mol. The summed E-state index contributed by atoms with van der Waals surface area (Å²) in [5.41, 5.74) is 7.29. The molecule has 0 saturated carbocycles. The number of hydrogen-bond donors (Lipinski definition) is 2. The Bertz CT molecular complexity index is 626. The van der Waals surface area contributed by atoms with Gasteiger partial charge in [-0.05, 0) is 27.7 Å². The van der Waals surface area contributed by atoms with Gasteiger partial charge in [-0.15, -0.1) is 11.3 Å². The fourth-order valence-corrected chi connectivity index (χ4v) is 2.87. The molecule has 0 aromatic carbocycles. The maximum absolute atomic E-state index is 11.8. The average molecular weight is 310 g/mol. The minimum Gasteiger partial charge on any atom is -0.444 e. The number of fused-ring (bicyclic) bond motifs is 1. The lowest BCUT2D eigenvalue weighted by molar-refractivity contribution is 0.0505. The van der Waals surface area contributed by atoms with Crippen LogP contribution < -0.4 is 11.1 Å². The van der Waals surface area contributed by atoms with Crippen molar-refractivity contribution in [3.8, 4) is 0 Å². The second-order valence-corrected chi connectivity index (χ2v) is 6.86. The summed E-state index contributed by atoms with van der Waals surface area (Å²) in [6, 6.07) is -0.182. The number of nitrogens with one attached hydrogen (secondary N) is 1. The Morgan fingerprint density at radius 3 is 2.90 bits per heavy atom. The molecule has 0 saturated heterocycles. The van der Waals surface area contributed by atoms with E-state index in [0.717, 1.165) is 16.3 Å². The molecule has 1 unspecified atom stereocenters. The second kappa shape index (κ2) is 6.03. The number of thiazole rings is 1. The lowest BCUT2D eigenvalue weighted by Gasteiger charge is -2.23. The van der Waals surface area contributed by atoms with Crippen molar-refractivity contribution in [2.24, 2.45) is 5.73 Å². The van der Waals surface area contributed by atoms with Gasteiger partial charge in [0.05, 0.1) is 5.69 Å². The first-order valence-electron chi connectivity index (χ1n) is 6.91. The van der Waals surface area contributed by atoms with Crippen molar-refractivity contribution in [1.29, 1.82) is 0 Å². The molecular weight excluding hydrogens is 288 g/mol. The van der Waals surface area contributed by atoms with Gasteiger partial charge in [-0.2, -0.15) is 0 Å². The lowest BCUT2D eigenvalue weighted by Crippen LogP contribution is -2.44. The summed E-state index contributed by atoms with van der Waals surface area (Å²) in [4.78, 5) is 17.3. The van der Waals surface area contributed by atoms with E-state index in [9.17, 15) is 4.79 Å². The van der Waals surface area contributed by atoms with Crippen molar-refractivity contribution in [2.45, 2.75) is 45.8 Å². The van der Waals surface area contributed by atoms with Crippen molar-refractivity contribution in [3.05, 3.63) is 23.0 Å². The van der Waals surface area contributed by atoms with Crippen molar-refractivity contribution in [1.82, 2.24) is 14.7 Å². The number of nitrogens with zero attached hydrogens (tertiary/aromatic N) is 2. The summed E-state index contributed by atoms with van der Waals surface area (Å²) in [6.45, 7) is 7.81. The van der Waals surface area contributed by atoms with Crippen LogP contribution >= 0.6 is 11.3 Å². The third-order valence-electron chi connectivity index (χ3n) is 3.01. The number of amides is 1. The van der Waals surface area contributed by atoms with Gasteiger partial charge in [0.2, 0.25) is 0 Å². The van der Waals surface area contributed by atoms with Crippen molar-refractivity contribution in [3.63, 3.8) is 0 Å². The van der Waals surface area contributed by atoms with Crippen molar-refractivity contribution >= 4 is 22.4 Å². The van der Waals surface area contributed by atoms with E-state index in [1.54, 1.807) is 11.3 Å². The van der Waals surface area contributed by atoms with Crippen LogP contribution in [0, 0.1) is 6.92 Å². The van der Waals surface area contributed by atoms with Gasteiger partial charge in [-0.1, -0.05) is 0 Å². The summed E-state index contributed by atoms with van der Waals surface area (Å²) in [7, 11) is 0. The highest BCUT2D eigenvalue weighted by Gasteiger charge is 2.21. The smallest absolute Gasteiger partial charge is 0.407 e. The van der Waals surface area contributed by atoms with Crippen LogP contribution in [-0.2, 0) is 11.2 Å². The van der Waals surface area contributed by atoms with Crippen LogP contribution in [-0.4, -0.2) is 33.7 Å². The number of ether oxygens (including phenoxy) is 1. The van der Waals surface area contributed by atoms with Crippen LogP contribution in [0.1, 0.15) is 32.2 Å². The Hall–Kier alpha value is -1.60. The van der Waals surface area contributed by atoms with E-state index in [-0.39, 0.29) is 6.04 Å². The number of alkyl carbamates (subject to hydrolysis) is 1. The molecule has 6 nitrogen and oxygen atoms in total. The van der Waals surface area contributed by atoms with Gasteiger partial charge in [-0.25, -0.2) is 9.78 Å². The zero-order valence-electron chi connectivity index (χ0n) is 12.8. The highest BCUT2D eigenvalue weighted by atomic mass is 32.1. The highest BCUT2D eigenvalue weighted by molar-refractivity contribution is 7.15. The lowest BCUT2D eigenvalue weighted by atomic mass is 10.1. The van der Waals surface area contributed by atoms with Crippen LogP contribution in [0.2, 0.25) is 0 Å². The average Bonchev–Trinajstić information content (AvgIpc) is 2.89. The molecule has 2 aromatic rings. The molecule has 0 radical (unpaired) electrons. The third kappa shape index (κ3) is 3.95. The molecule has 0 aliphatic heterocycles. The number of nitrogens with two attached hydrogens (primary N) is 1. The van der Waals surface area contributed by atoms with E-state index < -0.39 is 11.7 Å². The molecular formula is C14H22N4O2S. The van der Waals surface area contributed by atoms with Gasteiger partial charge in [0.25, 0.3) is 0 Å². The molecule has 116 valence electrons. The Labute approximate surface area is 128 Å². The highest BCUT2D eigenvalue weighted by Crippen LogP contribution is 2.18. The first-order valence-corrected chi connectivity index (χ1v) is 7.78. The zero-order valence-corrected chi connectivity index (χ0v) is 13.7. The fraction of sp³-hybridized carbons (Fsp3) is 0.571. The Kier molecular flexibility index (Phi) is 4.53. The molecule has 1 amide bonds. The number of carbonyl (C=O) groups is 1. The number of carbonyl (C=O) groups excluding carboxylic acids is 1. The number of aryl methyl sites for hydroxylation is 1. The second-order valence-electron chi connectivity index (χ2n) is 5.98. The predicted molar refractivity (Wildman–Crippen MR) is 83.7 cm³/mol. The Morgan fingerprint density at radius 1 is 1.57 bits per heavy atom. The topological polar surface area (TPSA) is 81.7 Å². The minimum atomic E-state index is -0.517. The molecule has 0 bridgehead atoms. The standard InChI is InChI=1S/C14H22N4O2S/c1-9-11(18-5-6-21-12(18)16-9)7-10(8-15)17-13(19)20-14(2,3)4/h5-6,10H,7-8,15H2,1-4H3,(H,17,19). The van der Waals surface area contributed by atoms with Crippen LogP contribution in [0.5, 0.6) is 0 Å². The molecule has 0 aliphatic carbocycles. The SMILES string of the molecule is Cc1nc2sccn2c1CC(CN)NC(=O)OC(C)(C)C. The Morgan fingerprint density at radius 2 is 2.29 bits per heavy atom. The van der Waals surface area contributed by atoms with Crippen LogP contribution in [0.3, 0.4) is 0 Å². The number of rotatable bonds is 4. The molecule has 7 heteroatoms. The molecule has 1 atom stereocenters. The largest absolute Gasteiger partial charge is 0.444 e. The molecule has 2 heterocycles. The van der Waals surface area contributed by atoms with E-state index in [0.29, 0.717) is 13.0 Å². The maximum Gasteiger partial charge on any atom is 0.407 e. The molecule has 0 fully saturated rings. The van der Waals surface area contributed by atoms with Gasteiger partial charge < -0.3 is 15.8 Å². The normalized spacial score (nSPS) is 13.4. The third-order valence-corrected chi connectivity index (χ3v) is 3.76. The maximum atomic E-state index is 11.8. The van der Waals surface area contributed by atoms with E-state index in [2.05, 4.69) is 10.3 Å². The van der Waals surface area contributed by atoms with E-state index in [1.807, 2.05) is 43.7 Å². The zero-order chi connectivity index (χ0) is 15.6. The molecule has 3 N–H and O–H groups in total. The van der Waals surface area contributed by atoms with E-state index in [4.69, 9.17) is 10.5 Å². The van der Waals surface area contributed by atoms with Gasteiger partial charge in [0.1, 0.15) is 5.60 Å². The van der Waals surface area contributed by atoms with Crippen LogP contribution in [0.4, 0.5) is 4.79 Å². The molecule has 0 spiro atoms. The minimum absolute atomic E-state index is 0.182. The summed E-state index contributed by atoms with van der Waals surface area (Å²) in [6.07, 6.45) is 2.16. The number of aromatic nitrogens is 2. The van der Waals surface area contributed by atoms with Crippen molar-refractivity contribution in [2.75, 3.05) is 6.54 Å². The van der Waals surface area contributed by atoms with Gasteiger partial charge in [0.15, 0.2) is 4.96 Å². The molecule has 2 rings (SSSR count). The van der Waals surface area contributed by atoms with Crippen LogP contribution in [0.15, 0.2) is 11.6 Å². The molecule has 21 heavy (non-hydrogen) atoms. The van der Waals surface area contributed by atoms with Gasteiger partial charge in [-0.3, -0.25) is 4.40 Å². The van der Waals surface area contributed by atoms with Crippen LogP contribution in [0.25, 0.3) is 4.96 Å². The summed E-state index contributed by atoms with van der Waals surface area (Å²) in [5, 5.41) is 4.81. The van der Waals surface area contributed by atoms with Crippen molar-refractivity contribution < 1.29 is 9.53 Å². The number of imidazole rings is 1. The number of hydrogen-bond acceptors (Lipinski definition) is 5. The first-order chi connectivity index (χ1) is 9.80. The summed E-state index contributed by atoms with van der Waals surface area (Å²) in [5.74, 6) is 0. The fourth-order valence-electron chi connectivity index (χ4n) is 2.09. The van der Waals surface area contributed by atoms with Gasteiger partial charge >= 0.3 is 6.09 Å². The quantitative estimate of drug-likeness (QED) is 0.906. The van der Waals surface area contributed by atoms with E-state index in [1.165, 1.54) is 0 Å². The summed E-state index contributed by atoms with van der Waals surface area (Å²) >= 11 is 1.59. The predicted octanol–water partition coefficient (Wildman–Crippen LogP) is 2.10. The van der Waals surface area contributed by atoms with Gasteiger partial charge in [0, 0.05) is 36.3 Å². The molecule has 0 aliphatic rings.